The predicted molar refractivity (Wildman–Crippen MR) is 77.5 cm³/mol. The largest absolute Gasteiger partial charge is 0.496 e. The first-order chi connectivity index (χ1) is 9.24. The van der Waals surface area contributed by atoms with Crippen molar-refractivity contribution in [3.63, 3.8) is 0 Å². The molecule has 0 spiro atoms. The third kappa shape index (κ3) is 3.71. The summed E-state index contributed by atoms with van der Waals surface area (Å²) in [6.45, 7) is 4.28. The van der Waals surface area contributed by atoms with Crippen molar-refractivity contribution < 1.29 is 9.84 Å². The zero-order valence-corrected chi connectivity index (χ0v) is 12.1. The monoisotopic (exact) mass is 263 g/mol. The van der Waals surface area contributed by atoms with E-state index >= 15 is 0 Å². The number of hydrogen-bond donors (Lipinski definition) is 1. The van der Waals surface area contributed by atoms with Gasteiger partial charge in [-0.05, 0) is 32.3 Å². The lowest BCUT2D eigenvalue weighted by Crippen LogP contribution is -2.40. The Morgan fingerprint density at radius 3 is 2.74 bits per heavy atom. The van der Waals surface area contributed by atoms with Gasteiger partial charge in [-0.15, -0.1) is 0 Å². The molecule has 0 radical (unpaired) electrons. The van der Waals surface area contributed by atoms with Crippen molar-refractivity contribution in [1.82, 2.24) is 4.90 Å². The molecular formula is C16H25NO2. The number of aryl methyl sites for hydroxylation is 1. The molecule has 0 aromatic heterocycles. The number of aliphatic hydroxyl groups excluding tert-OH is 1. The summed E-state index contributed by atoms with van der Waals surface area (Å²) in [5, 5.41) is 9.05. The minimum Gasteiger partial charge on any atom is -0.496 e. The van der Waals surface area contributed by atoms with Crippen LogP contribution in [0.4, 0.5) is 0 Å². The molecule has 1 aromatic rings. The van der Waals surface area contributed by atoms with E-state index in [1.807, 2.05) is 0 Å². The summed E-state index contributed by atoms with van der Waals surface area (Å²) < 4.78 is 5.46. The molecule has 1 fully saturated rings. The highest BCUT2D eigenvalue weighted by Crippen LogP contribution is 2.29. The summed E-state index contributed by atoms with van der Waals surface area (Å²) in [5.74, 6) is 0.971. The van der Waals surface area contributed by atoms with E-state index in [0.29, 0.717) is 6.04 Å². The summed E-state index contributed by atoms with van der Waals surface area (Å²) in [4.78, 5) is 2.50. The van der Waals surface area contributed by atoms with Gasteiger partial charge in [-0.3, -0.25) is 4.90 Å². The standard InChI is InChI=1S/C16H25NO2/c1-13-7-8-16(19-2)14(11-13)12-17(9-4-10-18)15-5-3-6-15/h7-8,11,15,18H,3-6,9-10,12H2,1-2H3. The van der Waals surface area contributed by atoms with Gasteiger partial charge in [0.2, 0.25) is 0 Å². The molecule has 0 aliphatic heterocycles. The summed E-state index contributed by atoms with van der Waals surface area (Å²) in [5.41, 5.74) is 2.53. The molecule has 1 aromatic carbocycles. The van der Waals surface area contributed by atoms with E-state index in [9.17, 15) is 0 Å². The highest BCUT2D eigenvalue weighted by molar-refractivity contribution is 5.36. The number of aliphatic hydroxyl groups is 1. The second-order valence-corrected chi connectivity index (χ2v) is 5.45. The molecular weight excluding hydrogens is 238 g/mol. The van der Waals surface area contributed by atoms with E-state index in [4.69, 9.17) is 9.84 Å². The Labute approximate surface area is 116 Å². The SMILES string of the molecule is COc1ccc(C)cc1CN(CCCO)C1CCC1. The van der Waals surface area contributed by atoms with E-state index in [1.165, 1.54) is 30.4 Å². The summed E-state index contributed by atoms with van der Waals surface area (Å²) in [6.07, 6.45) is 4.77. The molecule has 0 bridgehead atoms. The van der Waals surface area contributed by atoms with Crippen LogP contribution in [0.1, 0.15) is 36.8 Å². The molecule has 3 nitrogen and oxygen atoms in total. The molecule has 106 valence electrons. The molecule has 3 heteroatoms. The van der Waals surface area contributed by atoms with Gasteiger partial charge >= 0.3 is 0 Å². The molecule has 0 saturated heterocycles. The normalized spacial score (nSPS) is 15.6. The summed E-state index contributed by atoms with van der Waals surface area (Å²) in [7, 11) is 1.73. The Balaban J connectivity index is 2.08. The van der Waals surface area contributed by atoms with Gasteiger partial charge in [-0.25, -0.2) is 0 Å². The molecule has 0 amide bonds. The van der Waals surface area contributed by atoms with E-state index in [2.05, 4.69) is 30.0 Å². The maximum absolute atomic E-state index is 9.05. The Morgan fingerprint density at radius 2 is 2.16 bits per heavy atom. The maximum Gasteiger partial charge on any atom is 0.123 e. The van der Waals surface area contributed by atoms with Gasteiger partial charge in [0, 0.05) is 31.3 Å². The van der Waals surface area contributed by atoms with Gasteiger partial charge in [0.25, 0.3) is 0 Å². The highest BCUT2D eigenvalue weighted by atomic mass is 16.5. The van der Waals surface area contributed by atoms with E-state index < -0.39 is 0 Å². The zero-order chi connectivity index (χ0) is 13.7. The lowest BCUT2D eigenvalue weighted by molar-refractivity contribution is 0.108. The van der Waals surface area contributed by atoms with Gasteiger partial charge in [0.1, 0.15) is 5.75 Å². The van der Waals surface area contributed by atoms with E-state index in [-0.39, 0.29) is 6.61 Å². The first-order valence-corrected chi connectivity index (χ1v) is 7.23. The molecule has 1 aliphatic rings. The van der Waals surface area contributed by atoms with Gasteiger partial charge in [-0.2, -0.15) is 0 Å². The van der Waals surface area contributed by atoms with Crippen molar-refractivity contribution in [2.75, 3.05) is 20.3 Å². The van der Waals surface area contributed by atoms with Crippen LogP contribution in [0.3, 0.4) is 0 Å². The minimum atomic E-state index is 0.272. The Bertz CT molecular complexity index is 402. The number of benzene rings is 1. The highest BCUT2D eigenvalue weighted by Gasteiger charge is 2.25. The smallest absolute Gasteiger partial charge is 0.123 e. The van der Waals surface area contributed by atoms with Gasteiger partial charge in [-0.1, -0.05) is 24.1 Å². The fourth-order valence-electron chi connectivity index (χ4n) is 2.67. The molecule has 1 saturated carbocycles. The number of nitrogens with zero attached hydrogens (tertiary/aromatic N) is 1. The molecule has 2 rings (SSSR count). The fourth-order valence-corrected chi connectivity index (χ4v) is 2.67. The molecule has 1 N–H and O–H groups in total. The number of rotatable bonds is 7. The first kappa shape index (κ1) is 14.4. The topological polar surface area (TPSA) is 32.7 Å². The van der Waals surface area contributed by atoms with E-state index in [1.54, 1.807) is 7.11 Å². The lowest BCUT2D eigenvalue weighted by Gasteiger charge is -2.37. The van der Waals surface area contributed by atoms with Crippen molar-refractivity contribution in [3.8, 4) is 5.75 Å². The van der Waals surface area contributed by atoms with Crippen LogP contribution in [0.15, 0.2) is 18.2 Å². The Kier molecular flexibility index (Phi) is 5.23. The molecule has 19 heavy (non-hydrogen) atoms. The average molecular weight is 263 g/mol. The van der Waals surface area contributed by atoms with Crippen molar-refractivity contribution >= 4 is 0 Å². The van der Waals surface area contributed by atoms with E-state index in [0.717, 1.165) is 25.3 Å². The van der Waals surface area contributed by atoms with Crippen LogP contribution in [-0.2, 0) is 6.54 Å². The minimum absolute atomic E-state index is 0.272. The number of ether oxygens (including phenoxy) is 1. The van der Waals surface area contributed by atoms with Crippen LogP contribution in [-0.4, -0.2) is 36.3 Å². The van der Waals surface area contributed by atoms with Crippen LogP contribution < -0.4 is 4.74 Å². The van der Waals surface area contributed by atoms with Gasteiger partial charge in [0.05, 0.1) is 7.11 Å². The molecule has 1 aliphatic carbocycles. The summed E-state index contributed by atoms with van der Waals surface area (Å²) in [6, 6.07) is 7.04. The number of hydrogen-bond acceptors (Lipinski definition) is 3. The second kappa shape index (κ2) is 6.92. The Morgan fingerprint density at radius 1 is 1.37 bits per heavy atom. The predicted octanol–water partition coefficient (Wildman–Crippen LogP) is 2.74. The first-order valence-electron chi connectivity index (χ1n) is 7.23. The lowest BCUT2D eigenvalue weighted by atomic mass is 9.91. The van der Waals surface area contributed by atoms with Crippen molar-refractivity contribution in [2.45, 2.75) is 45.2 Å². The molecule has 0 atom stereocenters. The van der Waals surface area contributed by atoms with Crippen molar-refractivity contribution in [2.24, 2.45) is 0 Å². The van der Waals surface area contributed by atoms with Crippen LogP contribution in [0.5, 0.6) is 5.75 Å². The Hall–Kier alpha value is -1.06. The van der Waals surface area contributed by atoms with Gasteiger partial charge in [0.15, 0.2) is 0 Å². The van der Waals surface area contributed by atoms with Crippen LogP contribution >= 0.6 is 0 Å². The summed E-state index contributed by atoms with van der Waals surface area (Å²) >= 11 is 0. The molecule has 0 unspecified atom stereocenters. The van der Waals surface area contributed by atoms with Crippen LogP contribution in [0, 0.1) is 6.92 Å². The fraction of sp³-hybridized carbons (Fsp3) is 0.625. The molecule has 0 heterocycles. The van der Waals surface area contributed by atoms with Crippen LogP contribution in [0.25, 0.3) is 0 Å². The zero-order valence-electron chi connectivity index (χ0n) is 12.1. The average Bonchev–Trinajstić information content (AvgIpc) is 2.34. The number of methoxy groups -OCH3 is 1. The third-order valence-corrected chi connectivity index (χ3v) is 4.00. The van der Waals surface area contributed by atoms with Crippen molar-refractivity contribution in [3.05, 3.63) is 29.3 Å². The van der Waals surface area contributed by atoms with Gasteiger partial charge < -0.3 is 9.84 Å². The maximum atomic E-state index is 9.05. The quantitative estimate of drug-likeness (QED) is 0.821. The van der Waals surface area contributed by atoms with Crippen LogP contribution in [0.2, 0.25) is 0 Å². The second-order valence-electron chi connectivity index (χ2n) is 5.45. The third-order valence-electron chi connectivity index (χ3n) is 4.00. The van der Waals surface area contributed by atoms with Crippen molar-refractivity contribution in [1.29, 1.82) is 0 Å².